The molecule has 0 radical (unpaired) electrons. The number of halogens is 2. The van der Waals surface area contributed by atoms with Gasteiger partial charge in [-0.25, -0.2) is 4.79 Å². The third-order valence-corrected chi connectivity index (χ3v) is 3.47. The lowest BCUT2D eigenvalue weighted by Gasteiger charge is -2.11. The molecule has 0 aliphatic rings. The van der Waals surface area contributed by atoms with Gasteiger partial charge in [0.15, 0.2) is 0 Å². The fourth-order valence-corrected chi connectivity index (χ4v) is 2.22. The minimum atomic E-state index is -0.504. The summed E-state index contributed by atoms with van der Waals surface area (Å²) in [4.78, 5) is 12.3. The molecule has 0 aromatic heterocycles. The summed E-state index contributed by atoms with van der Waals surface area (Å²) in [6.07, 6.45) is 0.856. The second-order valence-electron chi connectivity index (χ2n) is 4.31. The summed E-state index contributed by atoms with van der Waals surface area (Å²) in [5.74, 6) is 0.318. The van der Waals surface area contributed by atoms with E-state index in [1.807, 2.05) is 13.0 Å². The van der Waals surface area contributed by atoms with Crippen LogP contribution in [-0.4, -0.2) is 12.6 Å². The molecule has 21 heavy (non-hydrogen) atoms. The molecule has 0 saturated heterocycles. The van der Waals surface area contributed by atoms with Gasteiger partial charge in [-0.15, -0.1) is 0 Å². The number of ether oxygens (including phenoxy) is 2. The van der Waals surface area contributed by atoms with Crippen molar-refractivity contribution in [3.05, 3.63) is 57.5 Å². The number of esters is 1. The Morgan fingerprint density at radius 2 is 1.95 bits per heavy atom. The van der Waals surface area contributed by atoms with E-state index in [1.54, 1.807) is 36.4 Å². The standard InChI is InChI=1S/C16H14BrClO3/c1-2-9-20-14-8-7-11(17)10-12(14)16(19)21-15-6-4-3-5-13(15)18/h3-8,10H,2,9H2,1H3. The number of carbonyl (C=O) groups is 1. The van der Waals surface area contributed by atoms with Crippen LogP contribution in [0.15, 0.2) is 46.9 Å². The van der Waals surface area contributed by atoms with Crippen LogP contribution in [0.5, 0.6) is 11.5 Å². The maximum atomic E-state index is 12.3. The van der Waals surface area contributed by atoms with E-state index in [2.05, 4.69) is 15.9 Å². The van der Waals surface area contributed by atoms with Crippen LogP contribution in [-0.2, 0) is 0 Å². The fraction of sp³-hybridized carbons (Fsp3) is 0.188. The van der Waals surface area contributed by atoms with E-state index < -0.39 is 5.97 Å². The van der Waals surface area contributed by atoms with E-state index >= 15 is 0 Å². The number of benzene rings is 2. The molecule has 0 unspecified atom stereocenters. The lowest BCUT2D eigenvalue weighted by atomic mass is 10.2. The highest BCUT2D eigenvalue weighted by Gasteiger charge is 2.16. The van der Waals surface area contributed by atoms with Gasteiger partial charge in [-0.3, -0.25) is 0 Å². The molecule has 0 heterocycles. The second-order valence-corrected chi connectivity index (χ2v) is 5.63. The van der Waals surface area contributed by atoms with E-state index in [4.69, 9.17) is 21.1 Å². The summed E-state index contributed by atoms with van der Waals surface area (Å²) in [7, 11) is 0. The molecule has 0 atom stereocenters. The molecule has 0 spiro atoms. The predicted octanol–water partition coefficient (Wildman–Crippen LogP) is 5.11. The fourth-order valence-electron chi connectivity index (χ4n) is 1.68. The molecule has 2 aromatic rings. The van der Waals surface area contributed by atoms with Gasteiger partial charge >= 0.3 is 5.97 Å². The maximum Gasteiger partial charge on any atom is 0.347 e. The summed E-state index contributed by atoms with van der Waals surface area (Å²) < 4.78 is 11.7. The van der Waals surface area contributed by atoms with E-state index in [1.165, 1.54) is 0 Å². The average Bonchev–Trinajstić information content (AvgIpc) is 2.48. The largest absolute Gasteiger partial charge is 0.493 e. The quantitative estimate of drug-likeness (QED) is 0.542. The third kappa shape index (κ3) is 4.22. The van der Waals surface area contributed by atoms with Crippen LogP contribution in [0, 0.1) is 0 Å². The van der Waals surface area contributed by atoms with Gasteiger partial charge in [0.1, 0.15) is 17.1 Å². The third-order valence-electron chi connectivity index (χ3n) is 2.66. The van der Waals surface area contributed by atoms with Crippen LogP contribution in [0.4, 0.5) is 0 Å². The van der Waals surface area contributed by atoms with Gasteiger partial charge in [-0.2, -0.15) is 0 Å². The lowest BCUT2D eigenvalue weighted by Crippen LogP contribution is -2.11. The Hall–Kier alpha value is -1.52. The van der Waals surface area contributed by atoms with Crippen LogP contribution in [0.2, 0.25) is 5.02 Å². The van der Waals surface area contributed by atoms with E-state index in [0.29, 0.717) is 28.7 Å². The van der Waals surface area contributed by atoms with Crippen molar-refractivity contribution in [2.45, 2.75) is 13.3 Å². The highest BCUT2D eigenvalue weighted by molar-refractivity contribution is 9.10. The minimum Gasteiger partial charge on any atom is -0.493 e. The van der Waals surface area contributed by atoms with Gasteiger partial charge in [0.2, 0.25) is 0 Å². The van der Waals surface area contributed by atoms with Crippen LogP contribution in [0.3, 0.4) is 0 Å². The molecule has 5 heteroatoms. The zero-order valence-corrected chi connectivity index (χ0v) is 13.8. The number of hydrogen-bond acceptors (Lipinski definition) is 3. The molecule has 3 nitrogen and oxygen atoms in total. The van der Waals surface area contributed by atoms with Gasteiger partial charge in [-0.1, -0.05) is 46.6 Å². The first-order chi connectivity index (χ1) is 10.1. The van der Waals surface area contributed by atoms with Crippen molar-refractivity contribution in [3.8, 4) is 11.5 Å². The van der Waals surface area contributed by atoms with E-state index in [0.717, 1.165) is 10.9 Å². The van der Waals surface area contributed by atoms with Gasteiger partial charge in [0.05, 0.1) is 11.6 Å². The van der Waals surface area contributed by atoms with Gasteiger partial charge in [0.25, 0.3) is 0 Å². The smallest absolute Gasteiger partial charge is 0.347 e. The molecule has 2 rings (SSSR count). The Balaban J connectivity index is 2.25. The summed E-state index contributed by atoms with van der Waals surface area (Å²) in [5.41, 5.74) is 0.359. The zero-order valence-electron chi connectivity index (χ0n) is 11.4. The molecular weight excluding hydrogens is 356 g/mol. The molecule has 0 amide bonds. The van der Waals surface area contributed by atoms with Crippen molar-refractivity contribution < 1.29 is 14.3 Å². The number of rotatable bonds is 5. The normalized spacial score (nSPS) is 10.2. The van der Waals surface area contributed by atoms with Crippen LogP contribution in [0.1, 0.15) is 23.7 Å². The SMILES string of the molecule is CCCOc1ccc(Br)cc1C(=O)Oc1ccccc1Cl. The van der Waals surface area contributed by atoms with Gasteiger partial charge in [0, 0.05) is 4.47 Å². The molecular formula is C16H14BrClO3. The Kier molecular flexibility index (Phi) is 5.65. The van der Waals surface area contributed by atoms with Crippen LogP contribution in [0.25, 0.3) is 0 Å². The minimum absolute atomic E-state index is 0.325. The molecule has 110 valence electrons. The Morgan fingerprint density at radius 1 is 1.19 bits per heavy atom. The number of carbonyl (C=O) groups excluding carboxylic acids is 1. The highest BCUT2D eigenvalue weighted by atomic mass is 79.9. The lowest BCUT2D eigenvalue weighted by molar-refractivity contribution is 0.0730. The zero-order chi connectivity index (χ0) is 15.2. The van der Waals surface area contributed by atoms with Crippen LogP contribution < -0.4 is 9.47 Å². The molecule has 0 aliphatic carbocycles. The van der Waals surface area contributed by atoms with Crippen molar-refractivity contribution in [2.75, 3.05) is 6.61 Å². The summed E-state index contributed by atoms with van der Waals surface area (Å²) in [6, 6.07) is 12.1. The average molecular weight is 370 g/mol. The molecule has 0 saturated carbocycles. The van der Waals surface area contributed by atoms with Crippen molar-refractivity contribution in [3.63, 3.8) is 0 Å². The Bertz CT molecular complexity index is 643. The summed E-state index contributed by atoms with van der Waals surface area (Å²) in [5, 5.41) is 0.386. The first-order valence-electron chi connectivity index (χ1n) is 6.51. The number of para-hydroxylation sites is 1. The first kappa shape index (κ1) is 15.9. The Labute approximate surface area is 137 Å². The van der Waals surface area contributed by atoms with E-state index in [-0.39, 0.29) is 0 Å². The molecule has 0 aliphatic heterocycles. The van der Waals surface area contributed by atoms with Crippen LogP contribution >= 0.6 is 27.5 Å². The monoisotopic (exact) mass is 368 g/mol. The van der Waals surface area contributed by atoms with E-state index in [9.17, 15) is 4.79 Å². The molecule has 2 aromatic carbocycles. The maximum absolute atomic E-state index is 12.3. The predicted molar refractivity (Wildman–Crippen MR) is 86.3 cm³/mol. The number of hydrogen-bond donors (Lipinski definition) is 0. The van der Waals surface area contributed by atoms with Crippen molar-refractivity contribution in [2.24, 2.45) is 0 Å². The van der Waals surface area contributed by atoms with Gasteiger partial charge < -0.3 is 9.47 Å². The molecule has 0 fully saturated rings. The van der Waals surface area contributed by atoms with Crippen molar-refractivity contribution >= 4 is 33.5 Å². The molecule has 0 N–H and O–H groups in total. The first-order valence-corrected chi connectivity index (χ1v) is 7.68. The second kappa shape index (κ2) is 7.48. The summed E-state index contributed by atoms with van der Waals surface area (Å²) >= 11 is 9.34. The van der Waals surface area contributed by atoms with Gasteiger partial charge in [-0.05, 0) is 36.8 Å². The van der Waals surface area contributed by atoms with Crippen molar-refractivity contribution in [1.82, 2.24) is 0 Å². The van der Waals surface area contributed by atoms with Crippen molar-refractivity contribution in [1.29, 1.82) is 0 Å². The topological polar surface area (TPSA) is 35.5 Å². The Morgan fingerprint density at radius 3 is 2.67 bits per heavy atom. The summed E-state index contributed by atoms with van der Waals surface area (Å²) in [6.45, 7) is 2.54. The highest BCUT2D eigenvalue weighted by Crippen LogP contribution is 2.28. The molecule has 0 bridgehead atoms.